The molecule has 2 aromatic rings. The Labute approximate surface area is 221 Å². The number of carbonyl (C=O) groups excluding carboxylic acids is 1. The summed E-state index contributed by atoms with van der Waals surface area (Å²) < 4.78 is 0. The van der Waals surface area contributed by atoms with Crippen LogP contribution in [0, 0.1) is 0 Å². The van der Waals surface area contributed by atoms with Gasteiger partial charge in [-0.15, -0.1) is 0 Å². The molecule has 0 radical (unpaired) electrons. The zero-order chi connectivity index (χ0) is 24.9. The van der Waals surface area contributed by atoms with E-state index < -0.39 is 0 Å². The summed E-state index contributed by atoms with van der Waals surface area (Å²) >= 11 is 18.8. The summed E-state index contributed by atoms with van der Waals surface area (Å²) in [5, 5.41) is 5.01. The number of anilines is 1. The first-order valence-corrected chi connectivity index (χ1v) is 13.1. The second-order valence-electron chi connectivity index (χ2n) is 9.21. The van der Waals surface area contributed by atoms with Gasteiger partial charge in [-0.2, -0.15) is 0 Å². The summed E-state index contributed by atoms with van der Waals surface area (Å²) in [6.07, 6.45) is 7.47. The maximum absolute atomic E-state index is 11.1. The van der Waals surface area contributed by atoms with E-state index >= 15 is 0 Å². The lowest BCUT2D eigenvalue weighted by Crippen LogP contribution is -2.49. The van der Waals surface area contributed by atoms with Gasteiger partial charge < -0.3 is 16.0 Å². The molecule has 0 aliphatic carbocycles. The number of nitrogens with one attached hydrogen (secondary N) is 1. The van der Waals surface area contributed by atoms with Gasteiger partial charge in [0.2, 0.25) is 5.91 Å². The maximum atomic E-state index is 11.1. The number of benzene rings is 1. The summed E-state index contributed by atoms with van der Waals surface area (Å²) in [5.41, 5.74) is 7.37. The molecule has 2 aliphatic rings. The number of hydrogen-bond acceptors (Lipinski definition) is 6. The smallest absolute Gasteiger partial charge is 0.218 e. The Morgan fingerprint density at radius 2 is 2.09 bits per heavy atom. The molecule has 35 heavy (non-hydrogen) atoms. The van der Waals surface area contributed by atoms with Crippen LogP contribution < -0.4 is 11.1 Å². The van der Waals surface area contributed by atoms with Crippen molar-refractivity contribution in [2.45, 2.75) is 44.7 Å². The molecule has 3 heterocycles. The van der Waals surface area contributed by atoms with Crippen molar-refractivity contribution < 1.29 is 4.79 Å². The lowest BCUT2D eigenvalue weighted by Gasteiger charge is -2.40. The van der Waals surface area contributed by atoms with Crippen molar-refractivity contribution in [1.29, 1.82) is 0 Å². The molecular weight excluding hydrogens is 507 g/mol. The van der Waals surface area contributed by atoms with E-state index in [1.54, 1.807) is 12.3 Å². The molecule has 3 N–H and O–H groups in total. The number of aromatic nitrogens is 2. The molecule has 10 heteroatoms. The number of nitrogens with two attached hydrogens (primary N) is 1. The van der Waals surface area contributed by atoms with Gasteiger partial charge in [0, 0.05) is 48.7 Å². The average molecular weight is 538 g/mol. The van der Waals surface area contributed by atoms with Gasteiger partial charge in [0.05, 0.1) is 12.2 Å². The van der Waals surface area contributed by atoms with Crippen molar-refractivity contribution in [3.8, 4) is 0 Å². The molecule has 1 saturated heterocycles. The molecule has 2 atom stereocenters. The second-order valence-corrected chi connectivity index (χ2v) is 10.5. The fourth-order valence-electron chi connectivity index (χ4n) is 4.78. The van der Waals surface area contributed by atoms with Crippen molar-refractivity contribution in [2.75, 3.05) is 38.0 Å². The lowest BCUT2D eigenvalue weighted by atomic mass is 10.00. The van der Waals surface area contributed by atoms with E-state index in [4.69, 9.17) is 45.5 Å². The van der Waals surface area contributed by atoms with Gasteiger partial charge in [0.15, 0.2) is 5.82 Å². The fourth-order valence-corrected chi connectivity index (χ4v) is 5.50. The molecule has 188 valence electrons. The van der Waals surface area contributed by atoms with Crippen molar-refractivity contribution in [3.05, 3.63) is 56.9 Å². The number of nitrogens with zero attached hydrogens (tertiary/aromatic N) is 4. The largest absolute Gasteiger partial charge is 0.370 e. The van der Waals surface area contributed by atoms with E-state index in [1.165, 1.54) is 6.42 Å². The Kier molecular flexibility index (Phi) is 8.89. The summed E-state index contributed by atoms with van der Waals surface area (Å²) in [4.78, 5) is 25.2. The first kappa shape index (κ1) is 26.2. The number of primary amides is 1. The highest BCUT2D eigenvalue weighted by Gasteiger charge is 2.27. The van der Waals surface area contributed by atoms with E-state index in [9.17, 15) is 4.79 Å². The Balaban J connectivity index is 1.40. The number of carbonyl (C=O) groups is 1. The number of halogens is 3. The molecule has 1 fully saturated rings. The van der Waals surface area contributed by atoms with Crippen LogP contribution in [0.15, 0.2) is 30.5 Å². The summed E-state index contributed by atoms with van der Waals surface area (Å²) in [6, 6.07) is 5.82. The first-order chi connectivity index (χ1) is 16.8. The van der Waals surface area contributed by atoms with Gasteiger partial charge in [-0.05, 0) is 56.0 Å². The first-order valence-electron chi connectivity index (χ1n) is 12.0. The molecule has 0 unspecified atom stereocenters. The Bertz CT molecular complexity index is 1090. The normalized spacial score (nSPS) is 20.3. The van der Waals surface area contributed by atoms with Gasteiger partial charge >= 0.3 is 0 Å². The fraction of sp³-hybridized carbons (Fsp3) is 0.480. The molecule has 2 aliphatic heterocycles. The Morgan fingerprint density at radius 3 is 2.80 bits per heavy atom. The number of hydrogen-bond donors (Lipinski definition) is 2. The Hall–Kier alpha value is -1.90. The third kappa shape index (κ3) is 6.86. The molecule has 1 amide bonds. The minimum atomic E-state index is -0.236. The lowest BCUT2D eigenvalue weighted by molar-refractivity contribution is -0.118. The zero-order valence-electron chi connectivity index (χ0n) is 19.8. The monoisotopic (exact) mass is 536 g/mol. The minimum absolute atomic E-state index is 0.111. The second kappa shape index (κ2) is 11.9. The molecular formula is C25H31Cl3N6O. The van der Waals surface area contributed by atoms with Gasteiger partial charge in [-0.1, -0.05) is 46.9 Å². The van der Waals surface area contributed by atoms with Crippen molar-refractivity contribution >= 4 is 52.1 Å². The van der Waals surface area contributed by atoms with Gasteiger partial charge in [0.1, 0.15) is 10.8 Å². The molecule has 1 aromatic heterocycles. The van der Waals surface area contributed by atoms with Crippen LogP contribution in [0.25, 0.3) is 5.57 Å². The molecule has 4 rings (SSSR count). The van der Waals surface area contributed by atoms with E-state index in [-0.39, 0.29) is 11.9 Å². The van der Waals surface area contributed by atoms with Crippen molar-refractivity contribution in [3.63, 3.8) is 0 Å². The standard InChI is InChI=1S/C25H31Cl3N6O/c1-16(20-5-4-18(26)13-21(20)27)31-25-22(28)14-30-24(32-25)17-6-11-34(12-7-17)19-3-2-9-33(15-19)10-8-23(29)35/h4-6,13-14,16,19H,2-3,7-12,15H2,1H3,(H2,29,35)(H,30,31,32)/t16-,19+/m1/s1. The zero-order valence-corrected chi connectivity index (χ0v) is 22.1. The van der Waals surface area contributed by atoms with Crippen LogP contribution in [0.4, 0.5) is 5.82 Å². The predicted molar refractivity (Wildman–Crippen MR) is 143 cm³/mol. The number of piperidine rings is 1. The van der Waals surface area contributed by atoms with Gasteiger partial charge in [0.25, 0.3) is 0 Å². The molecule has 7 nitrogen and oxygen atoms in total. The van der Waals surface area contributed by atoms with E-state index in [0.717, 1.165) is 56.7 Å². The van der Waals surface area contributed by atoms with Crippen LogP contribution in [0.1, 0.15) is 50.0 Å². The molecule has 0 saturated carbocycles. The predicted octanol–water partition coefficient (Wildman–Crippen LogP) is 5.04. The van der Waals surface area contributed by atoms with Crippen LogP contribution >= 0.6 is 34.8 Å². The summed E-state index contributed by atoms with van der Waals surface area (Å²) in [5.74, 6) is 1.04. The van der Waals surface area contributed by atoms with Crippen LogP contribution in [-0.4, -0.2) is 64.4 Å². The van der Waals surface area contributed by atoms with E-state index in [0.29, 0.717) is 39.2 Å². The molecule has 0 spiro atoms. The summed E-state index contributed by atoms with van der Waals surface area (Å²) in [6.45, 7) is 6.57. The van der Waals surface area contributed by atoms with Crippen LogP contribution in [0.2, 0.25) is 15.1 Å². The highest BCUT2D eigenvalue weighted by atomic mass is 35.5. The topological polar surface area (TPSA) is 87.4 Å². The third-order valence-corrected chi connectivity index (χ3v) is 7.56. The molecule has 0 bridgehead atoms. The quantitative estimate of drug-likeness (QED) is 0.491. The van der Waals surface area contributed by atoms with Crippen molar-refractivity contribution in [2.24, 2.45) is 5.73 Å². The Morgan fingerprint density at radius 1 is 1.26 bits per heavy atom. The van der Waals surface area contributed by atoms with Crippen LogP contribution in [-0.2, 0) is 4.79 Å². The number of rotatable bonds is 8. The molecule has 1 aromatic carbocycles. The highest BCUT2D eigenvalue weighted by Crippen LogP contribution is 2.31. The average Bonchev–Trinajstić information content (AvgIpc) is 2.84. The van der Waals surface area contributed by atoms with Crippen LogP contribution in [0.5, 0.6) is 0 Å². The SMILES string of the molecule is C[C@@H](Nc1nc(C2=CCN([C@H]3CCCN(CCC(N)=O)C3)CC2)ncc1Cl)c1ccc(Cl)cc1Cl. The summed E-state index contributed by atoms with van der Waals surface area (Å²) in [7, 11) is 0. The van der Waals surface area contributed by atoms with E-state index in [2.05, 4.69) is 26.2 Å². The maximum Gasteiger partial charge on any atom is 0.218 e. The minimum Gasteiger partial charge on any atom is -0.370 e. The van der Waals surface area contributed by atoms with Gasteiger partial charge in [-0.3, -0.25) is 9.69 Å². The number of likely N-dealkylation sites (tertiary alicyclic amines) is 1. The van der Waals surface area contributed by atoms with Crippen LogP contribution in [0.3, 0.4) is 0 Å². The van der Waals surface area contributed by atoms with Gasteiger partial charge in [-0.25, -0.2) is 9.97 Å². The number of amides is 1. The highest BCUT2D eigenvalue weighted by molar-refractivity contribution is 6.35. The van der Waals surface area contributed by atoms with Crippen molar-refractivity contribution in [1.82, 2.24) is 19.8 Å². The third-order valence-electron chi connectivity index (χ3n) is 6.73. The van der Waals surface area contributed by atoms with E-state index in [1.807, 2.05) is 19.1 Å².